The van der Waals surface area contributed by atoms with Gasteiger partial charge in [0.2, 0.25) is 0 Å². The van der Waals surface area contributed by atoms with Gasteiger partial charge >= 0.3 is 0 Å². The lowest BCUT2D eigenvalue weighted by Crippen LogP contribution is -2.13. The molecule has 0 aliphatic heterocycles. The first-order valence-electron chi connectivity index (χ1n) is 6.47. The summed E-state index contributed by atoms with van der Waals surface area (Å²) in [5.74, 6) is 0. The molecule has 6 heteroatoms. The van der Waals surface area contributed by atoms with Gasteiger partial charge in [0.1, 0.15) is 0 Å². The topological polar surface area (TPSA) is 66.4 Å². The van der Waals surface area contributed by atoms with E-state index in [1.165, 1.54) is 6.07 Å². The molecule has 0 amide bonds. The normalized spacial score (nSPS) is 11.4. The van der Waals surface area contributed by atoms with Gasteiger partial charge in [-0.1, -0.05) is 19.1 Å². The minimum Gasteiger partial charge on any atom is -0.392 e. The fourth-order valence-electron chi connectivity index (χ4n) is 2.03. The van der Waals surface area contributed by atoms with E-state index in [9.17, 15) is 13.5 Å². The second-order valence-corrected chi connectivity index (χ2v) is 7.49. The van der Waals surface area contributed by atoms with Crippen molar-refractivity contribution in [2.75, 3.05) is 4.72 Å². The van der Waals surface area contributed by atoms with E-state index in [1.54, 1.807) is 30.3 Å². The highest BCUT2D eigenvalue weighted by Crippen LogP contribution is 2.21. The van der Waals surface area contributed by atoms with Crippen LogP contribution in [-0.2, 0) is 23.1 Å². The van der Waals surface area contributed by atoms with Crippen molar-refractivity contribution in [2.45, 2.75) is 24.8 Å². The first kappa shape index (κ1) is 16.3. The number of hydrogen-bond acceptors (Lipinski definition) is 3. The Labute approximate surface area is 138 Å². The largest absolute Gasteiger partial charge is 0.392 e. The van der Waals surface area contributed by atoms with Gasteiger partial charge in [0.15, 0.2) is 0 Å². The zero-order chi connectivity index (χ0) is 15.5. The minimum absolute atomic E-state index is 0.155. The van der Waals surface area contributed by atoms with Crippen molar-refractivity contribution in [3.05, 3.63) is 57.2 Å². The molecule has 0 aliphatic carbocycles. The molecular weight excluding hydrogens is 401 g/mol. The molecule has 0 atom stereocenters. The van der Waals surface area contributed by atoms with Gasteiger partial charge in [-0.05, 0) is 70.5 Å². The van der Waals surface area contributed by atoms with Crippen LogP contribution in [0, 0.1) is 3.57 Å². The number of benzene rings is 2. The molecule has 2 rings (SSSR count). The van der Waals surface area contributed by atoms with E-state index < -0.39 is 10.0 Å². The maximum absolute atomic E-state index is 12.4. The number of aryl methyl sites for hydroxylation is 1. The number of rotatable bonds is 5. The fourth-order valence-corrected chi connectivity index (χ4v) is 3.67. The van der Waals surface area contributed by atoms with Gasteiger partial charge in [-0.25, -0.2) is 8.42 Å². The highest BCUT2D eigenvalue weighted by Gasteiger charge is 2.16. The van der Waals surface area contributed by atoms with E-state index >= 15 is 0 Å². The summed E-state index contributed by atoms with van der Waals surface area (Å²) < 4.78 is 28.3. The second-order valence-electron chi connectivity index (χ2n) is 4.56. The van der Waals surface area contributed by atoms with E-state index in [4.69, 9.17) is 0 Å². The molecule has 0 spiro atoms. The van der Waals surface area contributed by atoms with Gasteiger partial charge in [0.25, 0.3) is 10.0 Å². The number of sulfonamides is 1. The molecule has 112 valence electrons. The van der Waals surface area contributed by atoms with Crippen molar-refractivity contribution in [1.29, 1.82) is 0 Å². The van der Waals surface area contributed by atoms with Gasteiger partial charge in [-0.2, -0.15) is 0 Å². The lowest BCUT2D eigenvalue weighted by Gasteiger charge is -2.11. The molecule has 0 fully saturated rings. The maximum atomic E-state index is 12.4. The van der Waals surface area contributed by atoms with Gasteiger partial charge in [0, 0.05) is 9.26 Å². The third-order valence-electron chi connectivity index (χ3n) is 3.12. The van der Waals surface area contributed by atoms with Gasteiger partial charge in [-0.3, -0.25) is 4.72 Å². The molecule has 0 bridgehead atoms. The van der Waals surface area contributed by atoms with Crippen molar-refractivity contribution in [3.63, 3.8) is 0 Å². The summed E-state index contributed by atoms with van der Waals surface area (Å²) in [6.45, 7) is 1.79. The number of hydrogen-bond donors (Lipinski definition) is 2. The van der Waals surface area contributed by atoms with Crippen LogP contribution in [0.5, 0.6) is 0 Å². The number of halogens is 1. The van der Waals surface area contributed by atoms with Gasteiger partial charge < -0.3 is 5.11 Å². The Morgan fingerprint density at radius 3 is 2.52 bits per heavy atom. The van der Waals surface area contributed by atoms with Gasteiger partial charge in [0.05, 0.1) is 11.5 Å². The Morgan fingerprint density at radius 1 is 1.14 bits per heavy atom. The minimum atomic E-state index is -3.65. The zero-order valence-electron chi connectivity index (χ0n) is 11.5. The van der Waals surface area contributed by atoms with E-state index in [0.717, 1.165) is 15.6 Å². The molecule has 2 aromatic rings. The van der Waals surface area contributed by atoms with Gasteiger partial charge in [-0.15, -0.1) is 0 Å². The van der Waals surface area contributed by atoms with Crippen molar-refractivity contribution in [2.24, 2.45) is 0 Å². The van der Waals surface area contributed by atoms with Crippen LogP contribution in [0.3, 0.4) is 0 Å². The summed E-state index contributed by atoms with van der Waals surface area (Å²) in [5.41, 5.74) is 2.11. The van der Waals surface area contributed by atoms with Crippen molar-refractivity contribution >= 4 is 38.3 Å². The fraction of sp³-hybridized carbons (Fsp3) is 0.200. The second kappa shape index (κ2) is 6.76. The Balaban J connectivity index is 2.35. The molecule has 2 N–H and O–H groups in total. The summed E-state index contributed by atoms with van der Waals surface area (Å²) in [6, 6.07) is 12.0. The predicted octanol–water partition coefficient (Wildman–Crippen LogP) is 3.15. The summed E-state index contributed by atoms with van der Waals surface area (Å²) >= 11 is 2.12. The van der Waals surface area contributed by atoms with Crippen LogP contribution in [0.25, 0.3) is 0 Å². The number of nitrogens with one attached hydrogen (secondary N) is 1. The molecule has 0 unspecified atom stereocenters. The molecule has 0 saturated carbocycles. The molecule has 4 nitrogen and oxygen atoms in total. The van der Waals surface area contributed by atoms with E-state index in [1.807, 2.05) is 13.0 Å². The zero-order valence-corrected chi connectivity index (χ0v) is 14.5. The van der Waals surface area contributed by atoms with Crippen molar-refractivity contribution in [1.82, 2.24) is 0 Å². The summed E-state index contributed by atoms with van der Waals surface area (Å²) in [5, 5.41) is 9.35. The highest BCUT2D eigenvalue weighted by molar-refractivity contribution is 14.1. The Bertz CT molecular complexity index is 744. The summed E-state index contributed by atoms with van der Waals surface area (Å²) in [4.78, 5) is 0.155. The first-order valence-corrected chi connectivity index (χ1v) is 9.03. The van der Waals surface area contributed by atoms with Crippen LogP contribution in [0.4, 0.5) is 5.69 Å². The molecule has 0 heterocycles. The molecule has 0 aromatic heterocycles. The van der Waals surface area contributed by atoms with E-state index in [2.05, 4.69) is 27.3 Å². The first-order chi connectivity index (χ1) is 9.96. The highest BCUT2D eigenvalue weighted by atomic mass is 127. The molecule has 0 saturated heterocycles. The SMILES string of the molecule is CCc1ccc(S(=O)(=O)Nc2cccc(I)c2)cc1CO. The lowest BCUT2D eigenvalue weighted by molar-refractivity contribution is 0.280. The molecule has 2 aromatic carbocycles. The Hall–Kier alpha value is -1.12. The third kappa shape index (κ3) is 3.96. The molecule has 0 radical (unpaired) electrons. The molecule has 21 heavy (non-hydrogen) atoms. The van der Waals surface area contributed by atoms with Crippen LogP contribution < -0.4 is 4.72 Å². The standard InChI is InChI=1S/C15H16INO3S/c1-2-11-6-7-15(8-12(11)10-18)21(19,20)17-14-5-3-4-13(16)9-14/h3-9,17-18H,2,10H2,1H3. The summed E-state index contributed by atoms with van der Waals surface area (Å²) in [7, 11) is -3.65. The average Bonchev–Trinajstić information content (AvgIpc) is 2.46. The maximum Gasteiger partial charge on any atom is 0.261 e. The number of aliphatic hydroxyl groups is 1. The lowest BCUT2D eigenvalue weighted by atomic mass is 10.1. The average molecular weight is 417 g/mol. The smallest absolute Gasteiger partial charge is 0.261 e. The Morgan fingerprint density at radius 2 is 1.90 bits per heavy atom. The van der Waals surface area contributed by atoms with Crippen LogP contribution in [0.2, 0.25) is 0 Å². The monoisotopic (exact) mass is 417 g/mol. The van der Waals surface area contributed by atoms with Crippen LogP contribution in [-0.4, -0.2) is 13.5 Å². The van der Waals surface area contributed by atoms with Crippen LogP contribution >= 0.6 is 22.6 Å². The third-order valence-corrected chi connectivity index (χ3v) is 5.17. The quantitative estimate of drug-likeness (QED) is 0.735. The van der Waals surface area contributed by atoms with E-state index in [0.29, 0.717) is 11.3 Å². The molecular formula is C15H16INO3S. The summed E-state index contributed by atoms with van der Waals surface area (Å²) in [6.07, 6.45) is 0.751. The molecule has 0 aliphatic rings. The van der Waals surface area contributed by atoms with E-state index in [-0.39, 0.29) is 11.5 Å². The Kier molecular flexibility index (Phi) is 5.23. The van der Waals surface area contributed by atoms with Crippen LogP contribution in [0.15, 0.2) is 47.4 Å². The van der Waals surface area contributed by atoms with Crippen molar-refractivity contribution < 1.29 is 13.5 Å². The van der Waals surface area contributed by atoms with Crippen LogP contribution in [0.1, 0.15) is 18.1 Å². The predicted molar refractivity (Wildman–Crippen MR) is 91.7 cm³/mol. The van der Waals surface area contributed by atoms with Crippen molar-refractivity contribution in [3.8, 4) is 0 Å². The number of anilines is 1. The number of aliphatic hydroxyl groups excluding tert-OH is 1.